The van der Waals surface area contributed by atoms with Gasteiger partial charge in [0.15, 0.2) is 0 Å². The van der Waals surface area contributed by atoms with Crippen molar-refractivity contribution in [3.8, 4) is 11.3 Å². The molecule has 1 aliphatic heterocycles. The van der Waals surface area contributed by atoms with Crippen LogP contribution in [0.1, 0.15) is 19.4 Å². The minimum Gasteiger partial charge on any atom is -0.373 e. The Morgan fingerprint density at radius 1 is 1.19 bits per heavy atom. The molecule has 2 heterocycles. The van der Waals surface area contributed by atoms with Crippen molar-refractivity contribution in [3.05, 3.63) is 64.5 Å². The second-order valence-electron chi connectivity index (χ2n) is 7.57. The molecule has 0 aliphatic carbocycles. The summed E-state index contributed by atoms with van der Waals surface area (Å²) in [6.07, 6.45) is 1.39. The average Bonchev–Trinajstić information content (AvgIpc) is 3.23. The molecular weight excluding hydrogens is 468 g/mol. The second kappa shape index (κ2) is 9.68. The summed E-state index contributed by atoms with van der Waals surface area (Å²) in [5, 5.41) is 7.34. The molecule has 4 rings (SSSR count). The van der Waals surface area contributed by atoms with Gasteiger partial charge in [-0.05, 0) is 43.7 Å². The molecule has 1 aromatic heterocycles. The lowest BCUT2D eigenvalue weighted by Gasteiger charge is -2.34. The Bertz CT molecular complexity index is 1200. The van der Waals surface area contributed by atoms with Crippen molar-refractivity contribution in [1.82, 2.24) is 9.29 Å². The molecule has 0 radical (unpaired) electrons. The highest BCUT2D eigenvalue weighted by molar-refractivity contribution is 7.89. The lowest BCUT2D eigenvalue weighted by molar-refractivity contribution is -0.0440. The molecule has 0 spiro atoms. The zero-order valence-electron chi connectivity index (χ0n) is 17.6. The number of morpholine rings is 1. The van der Waals surface area contributed by atoms with Gasteiger partial charge < -0.3 is 4.74 Å². The van der Waals surface area contributed by atoms with Crippen LogP contribution in [0.15, 0.2) is 63.9 Å². The predicted molar refractivity (Wildman–Crippen MR) is 129 cm³/mol. The molecule has 1 aliphatic rings. The molecule has 10 heteroatoms. The van der Waals surface area contributed by atoms with E-state index in [2.05, 4.69) is 15.5 Å². The van der Waals surface area contributed by atoms with Crippen LogP contribution in [-0.2, 0) is 14.8 Å². The Hall–Kier alpha value is -2.30. The number of sulfonamides is 1. The number of hydrogen-bond acceptors (Lipinski definition) is 7. The van der Waals surface area contributed by atoms with Crippen LogP contribution in [0.25, 0.3) is 11.3 Å². The van der Waals surface area contributed by atoms with E-state index in [1.165, 1.54) is 15.6 Å². The third kappa shape index (κ3) is 5.36. The van der Waals surface area contributed by atoms with Gasteiger partial charge in [0.25, 0.3) is 0 Å². The van der Waals surface area contributed by atoms with Crippen LogP contribution in [0.4, 0.5) is 5.13 Å². The fraction of sp³-hybridized carbons (Fsp3) is 0.273. The summed E-state index contributed by atoms with van der Waals surface area (Å²) in [7, 11) is -3.62. The Kier molecular flexibility index (Phi) is 6.92. The number of rotatable bonds is 6. The third-order valence-corrected chi connectivity index (χ3v) is 7.73. The van der Waals surface area contributed by atoms with Crippen LogP contribution < -0.4 is 5.43 Å². The van der Waals surface area contributed by atoms with Gasteiger partial charge in [-0.15, -0.1) is 11.3 Å². The van der Waals surface area contributed by atoms with Crippen LogP contribution in [0, 0.1) is 0 Å². The highest BCUT2D eigenvalue weighted by Gasteiger charge is 2.32. The van der Waals surface area contributed by atoms with Crippen LogP contribution in [0.3, 0.4) is 0 Å². The van der Waals surface area contributed by atoms with Gasteiger partial charge in [0.05, 0.1) is 29.0 Å². The lowest BCUT2D eigenvalue weighted by atomic mass is 10.2. The summed E-state index contributed by atoms with van der Waals surface area (Å²) in [6.45, 7) is 4.45. The standard InChI is InChI=1S/C22H23ClN4O3S2/c1-15-12-27(13-16(2)30-15)32(28,29)20-5-3-4-18(10-20)21-14-31-22(25-21)26-24-11-17-6-8-19(23)9-7-17/h3-11,14-16H,12-13H2,1-2H3,(H,25,26)/b24-11-/t15-,16-/m0/s1. The lowest BCUT2D eigenvalue weighted by Crippen LogP contribution is -2.48. The fourth-order valence-electron chi connectivity index (χ4n) is 3.46. The predicted octanol–water partition coefficient (Wildman–Crippen LogP) is 4.71. The monoisotopic (exact) mass is 490 g/mol. The molecule has 168 valence electrons. The maximum Gasteiger partial charge on any atom is 0.243 e. The Morgan fingerprint density at radius 3 is 2.62 bits per heavy atom. The van der Waals surface area contributed by atoms with Gasteiger partial charge >= 0.3 is 0 Å². The number of nitrogens with one attached hydrogen (secondary N) is 1. The zero-order chi connectivity index (χ0) is 22.7. The summed E-state index contributed by atoms with van der Waals surface area (Å²) in [4.78, 5) is 4.78. The van der Waals surface area contributed by atoms with Gasteiger partial charge in [0.2, 0.25) is 15.2 Å². The van der Waals surface area contributed by atoms with Crippen LogP contribution in [0.5, 0.6) is 0 Å². The van der Waals surface area contributed by atoms with Crippen LogP contribution >= 0.6 is 22.9 Å². The van der Waals surface area contributed by atoms with Crippen molar-refractivity contribution in [1.29, 1.82) is 0 Å². The van der Waals surface area contributed by atoms with Gasteiger partial charge in [0.1, 0.15) is 0 Å². The van der Waals surface area contributed by atoms with E-state index in [1.54, 1.807) is 36.5 Å². The number of hydrazone groups is 1. The molecule has 0 amide bonds. The van der Waals surface area contributed by atoms with E-state index in [4.69, 9.17) is 16.3 Å². The quantitative estimate of drug-likeness (QED) is 0.399. The summed E-state index contributed by atoms with van der Waals surface area (Å²) < 4.78 is 33.5. The first-order chi connectivity index (χ1) is 15.3. The van der Waals surface area contributed by atoms with Gasteiger partial charge in [-0.3, -0.25) is 5.43 Å². The first kappa shape index (κ1) is 22.9. The van der Waals surface area contributed by atoms with E-state index in [0.717, 1.165) is 11.1 Å². The largest absolute Gasteiger partial charge is 0.373 e. The molecule has 2 aromatic carbocycles. The van der Waals surface area contributed by atoms with Gasteiger partial charge in [0, 0.05) is 29.1 Å². The highest BCUT2D eigenvalue weighted by atomic mass is 35.5. The summed E-state index contributed by atoms with van der Waals surface area (Å²) in [6, 6.07) is 14.2. The van der Waals surface area contributed by atoms with Crippen molar-refractivity contribution in [2.75, 3.05) is 18.5 Å². The van der Waals surface area contributed by atoms with Crippen molar-refractivity contribution in [3.63, 3.8) is 0 Å². The minimum absolute atomic E-state index is 0.141. The highest BCUT2D eigenvalue weighted by Crippen LogP contribution is 2.28. The molecule has 3 aromatic rings. The number of benzene rings is 2. The molecule has 1 fully saturated rings. The maximum atomic E-state index is 13.2. The molecule has 0 bridgehead atoms. The molecule has 1 N–H and O–H groups in total. The second-order valence-corrected chi connectivity index (χ2v) is 10.8. The van der Waals surface area contributed by atoms with Gasteiger partial charge in [-0.1, -0.05) is 35.9 Å². The average molecular weight is 491 g/mol. The van der Waals surface area contributed by atoms with E-state index in [9.17, 15) is 8.42 Å². The number of nitrogens with zero attached hydrogens (tertiary/aromatic N) is 3. The Balaban J connectivity index is 1.49. The zero-order valence-corrected chi connectivity index (χ0v) is 20.0. The number of thiazole rings is 1. The van der Waals surface area contributed by atoms with Gasteiger partial charge in [-0.25, -0.2) is 13.4 Å². The number of aromatic nitrogens is 1. The third-order valence-electron chi connectivity index (χ3n) is 4.90. The molecule has 1 saturated heterocycles. The normalized spacial score (nSPS) is 20.0. The first-order valence-corrected chi connectivity index (χ1v) is 12.8. The molecule has 0 saturated carbocycles. The van der Waals surface area contributed by atoms with Crippen molar-refractivity contribution < 1.29 is 13.2 Å². The summed E-state index contributed by atoms with van der Waals surface area (Å²) in [5.74, 6) is 0. The van der Waals surface area contributed by atoms with Crippen molar-refractivity contribution in [2.45, 2.75) is 31.0 Å². The first-order valence-electron chi connectivity index (χ1n) is 10.1. The van der Waals surface area contributed by atoms with E-state index < -0.39 is 10.0 Å². The number of halogens is 1. The number of hydrogen-bond donors (Lipinski definition) is 1. The Labute approximate surface area is 196 Å². The summed E-state index contributed by atoms with van der Waals surface area (Å²) in [5.41, 5.74) is 5.22. The van der Waals surface area contributed by atoms with E-state index in [1.807, 2.05) is 37.4 Å². The molecule has 32 heavy (non-hydrogen) atoms. The molecular formula is C22H23ClN4O3S2. The van der Waals surface area contributed by atoms with Gasteiger partial charge in [-0.2, -0.15) is 9.41 Å². The SMILES string of the molecule is C[C@H]1CN(S(=O)(=O)c2cccc(-c3csc(N/N=C\c4ccc(Cl)cc4)n3)c2)C[C@H](C)O1. The van der Waals surface area contributed by atoms with E-state index in [-0.39, 0.29) is 17.1 Å². The Morgan fingerprint density at radius 2 is 1.91 bits per heavy atom. The van der Waals surface area contributed by atoms with E-state index >= 15 is 0 Å². The molecule has 7 nitrogen and oxygen atoms in total. The fourth-order valence-corrected chi connectivity index (χ4v) is 5.89. The smallest absolute Gasteiger partial charge is 0.243 e. The topological polar surface area (TPSA) is 83.9 Å². The number of anilines is 1. The van der Waals surface area contributed by atoms with Crippen LogP contribution in [-0.4, -0.2) is 49.2 Å². The van der Waals surface area contributed by atoms with Crippen LogP contribution in [0.2, 0.25) is 5.02 Å². The van der Waals surface area contributed by atoms with Crippen molar-refractivity contribution >= 4 is 44.3 Å². The molecule has 0 unspecified atom stereocenters. The van der Waals surface area contributed by atoms with Crippen molar-refractivity contribution in [2.24, 2.45) is 5.10 Å². The number of ether oxygens (including phenoxy) is 1. The minimum atomic E-state index is -3.62. The maximum absolute atomic E-state index is 13.2. The molecule has 2 atom stereocenters. The van der Waals surface area contributed by atoms with E-state index in [0.29, 0.717) is 28.9 Å². The summed E-state index contributed by atoms with van der Waals surface area (Å²) >= 11 is 7.27.